The van der Waals surface area contributed by atoms with Crippen molar-refractivity contribution >= 4 is 23.4 Å². The zero-order chi connectivity index (χ0) is 13.7. The summed E-state index contributed by atoms with van der Waals surface area (Å²) in [7, 11) is 0. The van der Waals surface area contributed by atoms with Gasteiger partial charge in [0.05, 0.1) is 5.56 Å². The van der Waals surface area contributed by atoms with Gasteiger partial charge in [-0.05, 0) is 38.2 Å². The molecular formula is C15H22N2OS. The maximum atomic E-state index is 12.6. The smallest absolute Gasteiger partial charge is 0.255 e. The summed E-state index contributed by atoms with van der Waals surface area (Å²) in [6, 6.07) is 8.14. The fraction of sp³-hybridized carbons (Fsp3) is 0.533. The molecule has 1 aliphatic rings. The molecule has 0 atom stereocenters. The molecule has 1 saturated heterocycles. The van der Waals surface area contributed by atoms with Gasteiger partial charge in [0, 0.05) is 30.6 Å². The molecule has 19 heavy (non-hydrogen) atoms. The molecule has 1 aromatic carbocycles. The van der Waals surface area contributed by atoms with Gasteiger partial charge in [-0.2, -0.15) is 11.8 Å². The van der Waals surface area contributed by atoms with E-state index in [0.29, 0.717) is 6.04 Å². The normalized spacial score (nSPS) is 16.3. The Hall–Kier alpha value is -1.16. The van der Waals surface area contributed by atoms with E-state index in [4.69, 9.17) is 0 Å². The van der Waals surface area contributed by atoms with E-state index < -0.39 is 0 Å². The van der Waals surface area contributed by atoms with Crippen LogP contribution in [0.25, 0.3) is 0 Å². The molecule has 0 spiro atoms. The van der Waals surface area contributed by atoms with Gasteiger partial charge in [0.1, 0.15) is 0 Å². The van der Waals surface area contributed by atoms with Crippen LogP contribution in [-0.2, 0) is 0 Å². The molecule has 104 valence electrons. The van der Waals surface area contributed by atoms with Gasteiger partial charge in [0.25, 0.3) is 5.91 Å². The van der Waals surface area contributed by atoms with E-state index in [1.54, 1.807) is 0 Å². The van der Waals surface area contributed by atoms with Crippen molar-refractivity contribution in [3.63, 3.8) is 0 Å². The van der Waals surface area contributed by atoms with Crippen LogP contribution in [-0.4, -0.2) is 41.4 Å². The second-order valence-corrected chi connectivity index (χ2v) is 6.33. The Bertz CT molecular complexity index is 426. The number of para-hydroxylation sites is 1. The van der Waals surface area contributed by atoms with Gasteiger partial charge < -0.3 is 10.2 Å². The third kappa shape index (κ3) is 3.90. The number of nitrogens with zero attached hydrogens (tertiary/aromatic N) is 1. The summed E-state index contributed by atoms with van der Waals surface area (Å²) in [5, 5.41) is 3.36. The van der Waals surface area contributed by atoms with Gasteiger partial charge in [0.2, 0.25) is 0 Å². The lowest BCUT2D eigenvalue weighted by atomic mass is 10.1. The average molecular weight is 278 g/mol. The predicted octanol–water partition coefficient (Wildman–Crippen LogP) is 3.09. The number of amides is 1. The third-order valence-corrected chi connectivity index (χ3v) is 4.16. The molecule has 0 saturated carbocycles. The summed E-state index contributed by atoms with van der Waals surface area (Å²) < 4.78 is 0. The molecule has 1 amide bonds. The zero-order valence-electron chi connectivity index (χ0n) is 11.7. The first kappa shape index (κ1) is 14.3. The topological polar surface area (TPSA) is 32.3 Å². The van der Waals surface area contributed by atoms with E-state index >= 15 is 0 Å². The van der Waals surface area contributed by atoms with Gasteiger partial charge in [-0.15, -0.1) is 0 Å². The maximum Gasteiger partial charge on any atom is 0.255 e. The maximum absolute atomic E-state index is 12.6. The van der Waals surface area contributed by atoms with Gasteiger partial charge >= 0.3 is 0 Å². The highest BCUT2D eigenvalue weighted by atomic mass is 32.2. The Morgan fingerprint density at radius 3 is 2.84 bits per heavy atom. The lowest BCUT2D eigenvalue weighted by Gasteiger charge is -2.22. The SMILES string of the molecule is CC(C)Nc1ccccc1C(=O)N1CCCSCC1. The lowest BCUT2D eigenvalue weighted by molar-refractivity contribution is 0.0769. The number of hydrogen-bond acceptors (Lipinski definition) is 3. The molecule has 1 N–H and O–H groups in total. The van der Waals surface area contributed by atoms with Crippen LogP contribution in [0.15, 0.2) is 24.3 Å². The number of nitrogens with one attached hydrogen (secondary N) is 1. The van der Waals surface area contributed by atoms with Crippen molar-refractivity contribution in [2.45, 2.75) is 26.3 Å². The Morgan fingerprint density at radius 1 is 1.26 bits per heavy atom. The number of thioether (sulfide) groups is 1. The van der Waals surface area contributed by atoms with E-state index in [1.807, 2.05) is 40.9 Å². The van der Waals surface area contributed by atoms with Crippen LogP contribution in [0.4, 0.5) is 5.69 Å². The van der Waals surface area contributed by atoms with Crippen LogP contribution in [0.2, 0.25) is 0 Å². The molecule has 1 aromatic rings. The Balaban J connectivity index is 2.17. The van der Waals surface area contributed by atoms with E-state index in [1.165, 1.54) is 0 Å². The average Bonchev–Trinajstić information content (AvgIpc) is 2.67. The summed E-state index contributed by atoms with van der Waals surface area (Å²) >= 11 is 1.94. The molecule has 1 aliphatic heterocycles. The number of rotatable bonds is 3. The summed E-state index contributed by atoms with van der Waals surface area (Å²) in [6.45, 7) is 5.91. The summed E-state index contributed by atoms with van der Waals surface area (Å²) in [4.78, 5) is 14.6. The van der Waals surface area contributed by atoms with E-state index in [2.05, 4.69) is 19.2 Å². The number of hydrogen-bond donors (Lipinski definition) is 1. The fourth-order valence-electron chi connectivity index (χ4n) is 2.23. The molecule has 1 heterocycles. The molecule has 0 unspecified atom stereocenters. The highest BCUT2D eigenvalue weighted by Gasteiger charge is 2.19. The Labute approximate surface area is 119 Å². The second-order valence-electron chi connectivity index (χ2n) is 5.10. The molecule has 0 radical (unpaired) electrons. The molecule has 2 rings (SSSR count). The summed E-state index contributed by atoms with van der Waals surface area (Å²) in [6.07, 6.45) is 1.09. The summed E-state index contributed by atoms with van der Waals surface area (Å²) in [5.74, 6) is 2.37. The monoisotopic (exact) mass is 278 g/mol. The van der Waals surface area contributed by atoms with Crippen molar-refractivity contribution in [1.82, 2.24) is 4.90 Å². The lowest BCUT2D eigenvalue weighted by Crippen LogP contribution is -2.33. The number of anilines is 1. The van der Waals surface area contributed by atoms with E-state index in [9.17, 15) is 4.79 Å². The van der Waals surface area contributed by atoms with Crippen molar-refractivity contribution in [3.05, 3.63) is 29.8 Å². The van der Waals surface area contributed by atoms with Crippen molar-refractivity contribution in [3.8, 4) is 0 Å². The number of benzene rings is 1. The molecule has 0 aromatic heterocycles. The molecule has 0 aliphatic carbocycles. The minimum Gasteiger partial charge on any atom is -0.382 e. The largest absolute Gasteiger partial charge is 0.382 e. The standard InChI is InChI=1S/C15H22N2OS/c1-12(2)16-14-7-4-3-6-13(14)15(18)17-8-5-10-19-11-9-17/h3-4,6-7,12,16H,5,8-11H2,1-2H3. The molecule has 3 nitrogen and oxygen atoms in total. The van der Waals surface area contributed by atoms with Crippen molar-refractivity contribution in [2.75, 3.05) is 29.9 Å². The van der Waals surface area contributed by atoms with E-state index in [-0.39, 0.29) is 5.91 Å². The van der Waals surface area contributed by atoms with Crippen molar-refractivity contribution in [1.29, 1.82) is 0 Å². The van der Waals surface area contributed by atoms with Crippen molar-refractivity contribution < 1.29 is 4.79 Å². The van der Waals surface area contributed by atoms with E-state index in [0.717, 1.165) is 42.3 Å². The highest BCUT2D eigenvalue weighted by Crippen LogP contribution is 2.20. The first-order valence-corrected chi connectivity index (χ1v) is 8.06. The van der Waals surface area contributed by atoms with Crippen molar-refractivity contribution in [2.24, 2.45) is 0 Å². The third-order valence-electron chi connectivity index (χ3n) is 3.11. The summed E-state index contributed by atoms with van der Waals surface area (Å²) in [5.41, 5.74) is 1.74. The molecular weight excluding hydrogens is 256 g/mol. The van der Waals surface area contributed by atoms with Crippen LogP contribution < -0.4 is 5.32 Å². The predicted molar refractivity (Wildman–Crippen MR) is 83.0 cm³/mol. The minimum atomic E-state index is 0.159. The van der Waals surface area contributed by atoms with Crippen LogP contribution >= 0.6 is 11.8 Å². The Morgan fingerprint density at radius 2 is 2.05 bits per heavy atom. The highest BCUT2D eigenvalue weighted by molar-refractivity contribution is 7.99. The van der Waals surface area contributed by atoms with Gasteiger partial charge in [-0.1, -0.05) is 12.1 Å². The first-order valence-electron chi connectivity index (χ1n) is 6.91. The van der Waals surface area contributed by atoms with Crippen LogP contribution in [0.1, 0.15) is 30.6 Å². The number of carbonyl (C=O) groups excluding carboxylic acids is 1. The fourth-order valence-corrected chi connectivity index (χ4v) is 3.11. The van der Waals surface area contributed by atoms with Gasteiger partial charge in [-0.3, -0.25) is 4.79 Å². The second kappa shape index (κ2) is 6.85. The number of carbonyl (C=O) groups is 1. The first-order chi connectivity index (χ1) is 9.18. The van der Waals surface area contributed by atoms with Crippen LogP contribution in [0.3, 0.4) is 0 Å². The molecule has 0 bridgehead atoms. The molecule has 1 fully saturated rings. The Kier molecular flexibility index (Phi) is 5.14. The molecule has 4 heteroatoms. The quantitative estimate of drug-likeness (QED) is 0.922. The minimum absolute atomic E-state index is 0.159. The van der Waals surface area contributed by atoms with Crippen LogP contribution in [0.5, 0.6) is 0 Å². The zero-order valence-corrected chi connectivity index (χ0v) is 12.5. The van der Waals surface area contributed by atoms with Crippen LogP contribution in [0, 0.1) is 0 Å². The van der Waals surface area contributed by atoms with Gasteiger partial charge in [0.15, 0.2) is 0 Å². The van der Waals surface area contributed by atoms with Gasteiger partial charge in [-0.25, -0.2) is 0 Å².